The largest absolute Gasteiger partial charge is 0.543 e. The summed E-state index contributed by atoms with van der Waals surface area (Å²) in [5.74, 6) is 1.30. The van der Waals surface area contributed by atoms with Crippen LogP contribution in [-0.4, -0.2) is 16.4 Å². The monoisotopic (exact) mass is 308 g/mol. The van der Waals surface area contributed by atoms with Crippen LogP contribution in [0.3, 0.4) is 0 Å². The first-order valence-corrected chi connectivity index (χ1v) is 13.4. The first-order chi connectivity index (χ1) is 9.06. The van der Waals surface area contributed by atoms with Crippen molar-refractivity contribution >= 4 is 16.4 Å². The first kappa shape index (κ1) is 16.1. The Balaban J connectivity index is 2.33. The average Bonchev–Trinajstić information content (AvgIpc) is 2.76. The van der Waals surface area contributed by atoms with Gasteiger partial charge in [-0.2, -0.15) is 0 Å². The van der Waals surface area contributed by atoms with Gasteiger partial charge in [0.2, 0.25) is 0 Å². The molecule has 3 heteroatoms. The molecule has 20 heavy (non-hydrogen) atoms. The molecule has 1 aliphatic carbocycles. The van der Waals surface area contributed by atoms with Gasteiger partial charge in [-0.05, 0) is 34.8 Å². The maximum absolute atomic E-state index is 6.92. The molecule has 0 saturated carbocycles. The van der Waals surface area contributed by atoms with E-state index < -0.39 is 16.4 Å². The summed E-state index contributed by atoms with van der Waals surface area (Å²) in [6.45, 7) is 21.5. The lowest BCUT2D eigenvalue weighted by Gasteiger charge is -2.45. The fraction of sp³-hybridized carbons (Fsp3) is 0.765. The minimum absolute atomic E-state index is 0.659. The number of allylic oxidation sites excluding steroid dienone is 3. The van der Waals surface area contributed by atoms with Gasteiger partial charge in [-0.15, -0.1) is 0 Å². The molecule has 0 fully saturated rings. The third-order valence-electron chi connectivity index (χ3n) is 5.84. The fourth-order valence-corrected chi connectivity index (χ4v) is 14.2. The molecule has 0 spiro atoms. The van der Waals surface area contributed by atoms with Gasteiger partial charge in [-0.25, -0.2) is 0 Å². The zero-order valence-electron chi connectivity index (χ0n) is 14.8. The van der Waals surface area contributed by atoms with Crippen molar-refractivity contribution in [1.82, 2.24) is 0 Å². The summed E-state index contributed by atoms with van der Waals surface area (Å²) >= 11 is 0. The van der Waals surface area contributed by atoms with Gasteiger partial charge >= 0.3 is 0 Å². The van der Waals surface area contributed by atoms with Crippen LogP contribution in [0, 0.1) is 0 Å². The molecule has 2 heterocycles. The highest BCUT2D eigenvalue weighted by molar-refractivity contribution is 6.92. The zero-order valence-corrected chi connectivity index (χ0v) is 16.8. The second-order valence-corrected chi connectivity index (χ2v) is 18.1. The minimum Gasteiger partial charge on any atom is -0.543 e. The van der Waals surface area contributed by atoms with Crippen LogP contribution >= 0.6 is 0 Å². The van der Waals surface area contributed by atoms with E-state index in [0.29, 0.717) is 16.6 Å². The highest BCUT2D eigenvalue weighted by atomic mass is 28.4. The molecule has 114 valence electrons. The molecule has 3 aliphatic rings. The maximum Gasteiger partial charge on any atom is 0.258 e. The van der Waals surface area contributed by atoms with Gasteiger partial charge in [-0.3, -0.25) is 0 Å². The van der Waals surface area contributed by atoms with Crippen molar-refractivity contribution in [2.24, 2.45) is 0 Å². The molecule has 1 unspecified atom stereocenters. The smallest absolute Gasteiger partial charge is 0.258 e. The van der Waals surface area contributed by atoms with Gasteiger partial charge in [0.1, 0.15) is 0 Å². The van der Waals surface area contributed by atoms with Gasteiger partial charge in [0.25, 0.3) is 8.32 Å². The molecular weight excluding hydrogens is 276 g/mol. The Hall–Kier alpha value is -0.286. The molecule has 1 nitrogen and oxygen atoms in total. The van der Waals surface area contributed by atoms with E-state index in [1.54, 1.807) is 10.8 Å². The molecule has 0 aromatic rings. The molecule has 0 aromatic heterocycles. The van der Waals surface area contributed by atoms with Crippen LogP contribution in [0.5, 0.6) is 0 Å². The van der Waals surface area contributed by atoms with Crippen molar-refractivity contribution in [1.29, 1.82) is 0 Å². The second kappa shape index (κ2) is 4.87. The Morgan fingerprint density at radius 2 is 1.45 bits per heavy atom. The Labute approximate surface area is 127 Å². The van der Waals surface area contributed by atoms with E-state index in [1.165, 1.54) is 5.76 Å². The Kier molecular flexibility index (Phi) is 3.92. The van der Waals surface area contributed by atoms with Gasteiger partial charge in [0.05, 0.1) is 13.8 Å². The molecule has 0 radical (unpaired) electrons. The predicted octanol–water partition coefficient (Wildman–Crippen LogP) is 6.02. The normalized spacial score (nSPS) is 24.6. The lowest BCUT2D eigenvalue weighted by molar-refractivity contribution is 0.385. The third kappa shape index (κ3) is 1.92. The molecular formula is C17H32OSi2. The van der Waals surface area contributed by atoms with Crippen molar-refractivity contribution in [3.05, 3.63) is 22.6 Å². The van der Waals surface area contributed by atoms with Gasteiger partial charge in [0.15, 0.2) is 0 Å². The molecule has 0 aromatic carbocycles. The highest BCUT2D eigenvalue weighted by Crippen LogP contribution is 2.59. The molecule has 2 bridgehead atoms. The Morgan fingerprint density at radius 1 is 1.00 bits per heavy atom. The van der Waals surface area contributed by atoms with Crippen molar-refractivity contribution in [3.63, 3.8) is 0 Å². The number of hydrogen-bond donors (Lipinski definition) is 0. The van der Waals surface area contributed by atoms with E-state index in [-0.39, 0.29) is 0 Å². The topological polar surface area (TPSA) is 9.23 Å². The predicted molar refractivity (Wildman–Crippen MR) is 94.1 cm³/mol. The molecule has 2 aliphatic heterocycles. The lowest BCUT2D eigenvalue weighted by atomic mass is 10.2. The van der Waals surface area contributed by atoms with Crippen molar-refractivity contribution in [3.8, 4) is 0 Å². The first-order valence-electron chi connectivity index (χ1n) is 8.19. The van der Waals surface area contributed by atoms with Crippen LogP contribution in [-0.2, 0) is 4.43 Å². The van der Waals surface area contributed by atoms with Crippen LogP contribution in [0.25, 0.3) is 0 Å². The summed E-state index contributed by atoms with van der Waals surface area (Å²) in [4.78, 5) is 0. The lowest BCUT2D eigenvalue weighted by Crippen LogP contribution is -2.48. The van der Waals surface area contributed by atoms with E-state index in [9.17, 15) is 0 Å². The zero-order chi connectivity index (χ0) is 15.5. The van der Waals surface area contributed by atoms with Gasteiger partial charge in [-0.1, -0.05) is 60.2 Å². The minimum atomic E-state index is -1.78. The van der Waals surface area contributed by atoms with E-state index >= 15 is 0 Å². The fourth-order valence-electron chi connectivity index (χ4n) is 4.99. The highest BCUT2D eigenvalue weighted by Gasteiger charge is 2.56. The van der Waals surface area contributed by atoms with Crippen molar-refractivity contribution in [2.45, 2.75) is 83.7 Å². The summed E-state index contributed by atoms with van der Waals surface area (Å²) in [5, 5.41) is 1.64. The summed E-state index contributed by atoms with van der Waals surface area (Å²) < 4.78 is 6.92. The summed E-state index contributed by atoms with van der Waals surface area (Å²) in [5.41, 5.74) is 4.34. The van der Waals surface area contributed by atoms with Crippen LogP contribution < -0.4 is 0 Å². The van der Waals surface area contributed by atoms with Gasteiger partial charge in [0, 0.05) is 5.54 Å². The van der Waals surface area contributed by atoms with Crippen LogP contribution in [0.2, 0.25) is 35.3 Å². The Morgan fingerprint density at radius 3 is 1.70 bits per heavy atom. The van der Waals surface area contributed by atoms with Gasteiger partial charge < -0.3 is 4.43 Å². The van der Waals surface area contributed by atoms with E-state index in [0.717, 1.165) is 5.54 Å². The number of hydrogen-bond acceptors (Lipinski definition) is 1. The summed E-state index contributed by atoms with van der Waals surface area (Å²) in [6.07, 6.45) is 2.46. The number of rotatable bonds is 5. The van der Waals surface area contributed by atoms with Crippen molar-refractivity contribution < 1.29 is 4.43 Å². The molecule has 3 rings (SSSR count). The molecule has 0 saturated heterocycles. The average molecular weight is 309 g/mol. The summed E-state index contributed by atoms with van der Waals surface area (Å²) in [6, 6.07) is 0. The standard InChI is InChI=1S/C17H32OSi2/c1-11(2)20(12(3)4,13(5)6)18-15-10-16-14(7)17(15)19(16,8)9/h10-13,16H,1-9H3. The third-order valence-corrected chi connectivity index (χ3v) is 15.9. The Bertz CT molecular complexity index is 448. The molecule has 1 atom stereocenters. The van der Waals surface area contributed by atoms with Crippen molar-refractivity contribution in [2.75, 3.05) is 0 Å². The maximum atomic E-state index is 6.92. The van der Waals surface area contributed by atoms with Crippen LogP contribution in [0.15, 0.2) is 22.6 Å². The molecule has 0 amide bonds. The second-order valence-electron chi connectivity index (χ2n) is 8.21. The summed E-state index contributed by atoms with van der Waals surface area (Å²) in [7, 11) is -2.97. The van der Waals surface area contributed by atoms with E-state index in [2.05, 4.69) is 67.6 Å². The quantitative estimate of drug-likeness (QED) is 0.564. The van der Waals surface area contributed by atoms with Crippen LogP contribution in [0.1, 0.15) is 48.5 Å². The van der Waals surface area contributed by atoms with Crippen LogP contribution in [0.4, 0.5) is 0 Å². The van der Waals surface area contributed by atoms with E-state index in [1.807, 2.05) is 0 Å². The SMILES string of the molecule is CC1=C2C(O[Si](C(C)C)(C(C)C)C(C)C)=CC1[Si]2(C)C. The molecule has 0 N–H and O–H groups in total. The van der Waals surface area contributed by atoms with E-state index in [4.69, 9.17) is 4.43 Å².